The van der Waals surface area contributed by atoms with Crippen molar-refractivity contribution in [3.05, 3.63) is 29.8 Å². The van der Waals surface area contributed by atoms with Crippen LogP contribution in [0.15, 0.2) is 39.6 Å². The molecule has 0 radical (unpaired) electrons. The van der Waals surface area contributed by atoms with Crippen LogP contribution >= 0.6 is 11.3 Å². The Morgan fingerprint density at radius 3 is 2.43 bits per heavy atom. The van der Waals surface area contributed by atoms with E-state index in [4.69, 9.17) is 0 Å². The summed E-state index contributed by atoms with van der Waals surface area (Å²) in [7, 11) is -5.89. The monoisotopic (exact) mass is 347 g/mol. The van der Waals surface area contributed by atoms with E-state index in [0.717, 1.165) is 23.7 Å². The molecule has 2 rings (SSSR count). The highest BCUT2D eigenvalue weighted by molar-refractivity contribution is 7.93. The maximum atomic E-state index is 12.4. The molecule has 0 fully saturated rings. The molecule has 0 unspecified atom stereocenters. The lowest BCUT2D eigenvalue weighted by atomic mass is 10.3. The van der Waals surface area contributed by atoms with E-state index in [0.29, 0.717) is 5.69 Å². The van der Waals surface area contributed by atoms with Crippen LogP contribution in [0.1, 0.15) is 0 Å². The van der Waals surface area contributed by atoms with Crippen molar-refractivity contribution >= 4 is 42.0 Å². The molecule has 0 saturated carbocycles. The summed E-state index contributed by atoms with van der Waals surface area (Å²) < 4.78 is 50.2. The third-order valence-corrected chi connectivity index (χ3v) is 5.90. The summed E-state index contributed by atoms with van der Waals surface area (Å²) in [5, 5.41) is 4.57. The number of sulfonamides is 1. The molecule has 0 atom stereocenters. The predicted molar refractivity (Wildman–Crippen MR) is 82.0 cm³/mol. The molecule has 7 nitrogen and oxygen atoms in total. The van der Waals surface area contributed by atoms with E-state index >= 15 is 0 Å². The van der Waals surface area contributed by atoms with Crippen molar-refractivity contribution in [2.24, 2.45) is 0 Å². The molecule has 0 aliphatic carbocycles. The Kier molecular flexibility index (Phi) is 4.21. The lowest BCUT2D eigenvalue weighted by molar-refractivity contribution is 0.600. The Morgan fingerprint density at radius 2 is 1.90 bits per heavy atom. The van der Waals surface area contributed by atoms with Crippen LogP contribution < -0.4 is 10.0 Å². The summed E-state index contributed by atoms with van der Waals surface area (Å²) in [6, 6.07) is 3.88. The number of sulfone groups is 1. The molecular weight excluding hydrogens is 334 g/mol. The van der Waals surface area contributed by atoms with Crippen LogP contribution in [0.4, 0.5) is 10.8 Å². The van der Waals surface area contributed by atoms with Gasteiger partial charge in [-0.05, 0) is 18.2 Å². The minimum absolute atomic E-state index is 0.0685. The molecule has 0 aliphatic rings. The SMILES string of the molecule is CNc1ccc(S(C)(=O)=O)cc1S(=O)(=O)Nc1nccs1. The Balaban J connectivity index is 2.55. The number of hydrogen-bond acceptors (Lipinski definition) is 7. The maximum Gasteiger partial charge on any atom is 0.265 e. The summed E-state index contributed by atoms with van der Waals surface area (Å²) >= 11 is 1.13. The summed E-state index contributed by atoms with van der Waals surface area (Å²) in [6.45, 7) is 0. The van der Waals surface area contributed by atoms with Gasteiger partial charge in [-0.1, -0.05) is 0 Å². The van der Waals surface area contributed by atoms with Crippen LogP contribution in [0.25, 0.3) is 0 Å². The number of nitrogens with zero attached hydrogens (tertiary/aromatic N) is 1. The Hall–Kier alpha value is -1.65. The molecule has 114 valence electrons. The molecule has 0 amide bonds. The first kappa shape index (κ1) is 15.7. The van der Waals surface area contributed by atoms with E-state index < -0.39 is 19.9 Å². The van der Waals surface area contributed by atoms with Gasteiger partial charge >= 0.3 is 0 Å². The molecule has 2 aromatic rings. The molecule has 10 heteroatoms. The van der Waals surface area contributed by atoms with Crippen LogP contribution in [0.3, 0.4) is 0 Å². The van der Waals surface area contributed by atoms with Gasteiger partial charge in [0, 0.05) is 24.9 Å². The second-order valence-electron chi connectivity index (χ2n) is 4.12. The number of anilines is 2. The lowest BCUT2D eigenvalue weighted by Gasteiger charge is -2.12. The fourth-order valence-corrected chi connectivity index (χ4v) is 4.36. The number of hydrogen-bond donors (Lipinski definition) is 2. The zero-order chi connectivity index (χ0) is 15.7. The average Bonchev–Trinajstić information content (AvgIpc) is 2.89. The topological polar surface area (TPSA) is 105 Å². The first-order chi connectivity index (χ1) is 9.74. The van der Waals surface area contributed by atoms with E-state index in [9.17, 15) is 16.8 Å². The molecule has 1 aromatic carbocycles. The van der Waals surface area contributed by atoms with Crippen molar-refractivity contribution in [3.63, 3.8) is 0 Å². The van der Waals surface area contributed by atoms with Gasteiger partial charge in [0.2, 0.25) is 0 Å². The van der Waals surface area contributed by atoms with Gasteiger partial charge < -0.3 is 5.32 Å². The van der Waals surface area contributed by atoms with Gasteiger partial charge in [-0.2, -0.15) is 0 Å². The van der Waals surface area contributed by atoms with Crippen molar-refractivity contribution in [1.29, 1.82) is 0 Å². The number of thiazole rings is 1. The van der Waals surface area contributed by atoms with E-state index in [-0.39, 0.29) is 14.9 Å². The molecule has 0 saturated heterocycles. The Bertz CT molecular complexity index is 843. The van der Waals surface area contributed by atoms with Gasteiger partial charge in [0.25, 0.3) is 10.0 Å². The number of rotatable bonds is 5. The fourth-order valence-electron chi connectivity index (χ4n) is 1.61. The van der Waals surface area contributed by atoms with Crippen molar-refractivity contribution in [2.75, 3.05) is 23.3 Å². The zero-order valence-electron chi connectivity index (χ0n) is 11.2. The van der Waals surface area contributed by atoms with Gasteiger partial charge in [0.05, 0.1) is 10.6 Å². The molecule has 0 spiro atoms. The summed E-state index contributed by atoms with van der Waals surface area (Å²) in [5.74, 6) is 0. The minimum atomic E-state index is -3.94. The largest absolute Gasteiger partial charge is 0.387 e. The highest BCUT2D eigenvalue weighted by Gasteiger charge is 2.22. The quantitative estimate of drug-likeness (QED) is 0.847. The van der Waals surface area contributed by atoms with Crippen molar-refractivity contribution in [1.82, 2.24) is 4.98 Å². The van der Waals surface area contributed by atoms with Crippen LogP contribution in [0.2, 0.25) is 0 Å². The maximum absolute atomic E-state index is 12.4. The third kappa shape index (κ3) is 3.52. The molecule has 1 heterocycles. The molecule has 2 N–H and O–H groups in total. The van der Waals surface area contributed by atoms with Gasteiger partial charge in [-0.15, -0.1) is 11.3 Å². The van der Waals surface area contributed by atoms with Crippen LogP contribution in [-0.4, -0.2) is 35.1 Å². The van der Waals surface area contributed by atoms with E-state index in [1.54, 1.807) is 12.4 Å². The second kappa shape index (κ2) is 5.62. The fraction of sp³-hybridized carbons (Fsp3) is 0.182. The Labute approximate surface area is 127 Å². The smallest absolute Gasteiger partial charge is 0.265 e. The standard InChI is InChI=1S/C11H13N3O4S3/c1-12-9-4-3-8(20(2,15)16)7-10(9)21(17,18)14-11-13-5-6-19-11/h3-7,12H,1-2H3,(H,13,14). The first-order valence-electron chi connectivity index (χ1n) is 5.68. The normalized spacial score (nSPS) is 12.1. The van der Waals surface area contributed by atoms with E-state index in [2.05, 4.69) is 15.0 Å². The molecule has 0 bridgehead atoms. The Morgan fingerprint density at radius 1 is 1.19 bits per heavy atom. The second-order valence-corrected chi connectivity index (χ2v) is 8.68. The summed E-state index contributed by atoms with van der Waals surface area (Å²) in [6.07, 6.45) is 2.49. The van der Waals surface area contributed by atoms with Gasteiger partial charge in [0.15, 0.2) is 15.0 Å². The first-order valence-corrected chi connectivity index (χ1v) is 9.93. The van der Waals surface area contributed by atoms with Crippen molar-refractivity contribution in [3.8, 4) is 0 Å². The molecule has 0 aliphatic heterocycles. The average molecular weight is 347 g/mol. The third-order valence-electron chi connectivity index (χ3n) is 2.59. The van der Waals surface area contributed by atoms with Gasteiger partial charge in [-0.25, -0.2) is 21.8 Å². The molecule has 1 aromatic heterocycles. The van der Waals surface area contributed by atoms with Gasteiger partial charge in [0.1, 0.15) is 4.90 Å². The number of nitrogens with one attached hydrogen (secondary N) is 2. The zero-order valence-corrected chi connectivity index (χ0v) is 13.6. The highest BCUT2D eigenvalue weighted by Crippen LogP contribution is 2.27. The van der Waals surface area contributed by atoms with Crippen LogP contribution in [0.5, 0.6) is 0 Å². The highest BCUT2D eigenvalue weighted by atomic mass is 32.2. The predicted octanol–water partition coefficient (Wildman–Crippen LogP) is 1.39. The molecule has 21 heavy (non-hydrogen) atoms. The summed E-state index contributed by atoms with van der Waals surface area (Å²) in [5.41, 5.74) is 0.298. The summed E-state index contributed by atoms with van der Waals surface area (Å²) in [4.78, 5) is 3.62. The van der Waals surface area contributed by atoms with Crippen LogP contribution in [-0.2, 0) is 19.9 Å². The van der Waals surface area contributed by atoms with Crippen molar-refractivity contribution in [2.45, 2.75) is 9.79 Å². The van der Waals surface area contributed by atoms with Gasteiger partial charge in [-0.3, -0.25) is 4.72 Å². The van der Waals surface area contributed by atoms with Crippen LogP contribution in [0, 0.1) is 0 Å². The van der Waals surface area contributed by atoms with E-state index in [1.165, 1.54) is 18.3 Å². The number of aromatic nitrogens is 1. The molecular formula is C11H13N3O4S3. The number of benzene rings is 1. The minimum Gasteiger partial charge on any atom is -0.387 e. The lowest BCUT2D eigenvalue weighted by Crippen LogP contribution is -2.15. The van der Waals surface area contributed by atoms with E-state index in [1.807, 2.05) is 0 Å². The van der Waals surface area contributed by atoms with Crippen molar-refractivity contribution < 1.29 is 16.8 Å².